The average molecular weight is 364 g/mol. The van der Waals surface area contributed by atoms with E-state index < -0.39 is 10.0 Å². The van der Waals surface area contributed by atoms with Crippen LogP contribution in [0.4, 0.5) is 0 Å². The Labute approximate surface area is 139 Å². The molecule has 0 aliphatic rings. The van der Waals surface area contributed by atoms with E-state index >= 15 is 0 Å². The van der Waals surface area contributed by atoms with Crippen LogP contribution in [0.3, 0.4) is 0 Å². The van der Waals surface area contributed by atoms with Gasteiger partial charge in [-0.3, -0.25) is 0 Å². The zero-order chi connectivity index (χ0) is 15.8. The van der Waals surface area contributed by atoms with E-state index in [9.17, 15) is 8.42 Å². The van der Waals surface area contributed by atoms with Crippen molar-refractivity contribution in [1.82, 2.24) is 4.31 Å². The Morgan fingerprint density at radius 2 is 1.76 bits per heavy atom. The fourth-order valence-corrected chi connectivity index (χ4v) is 5.38. The first kappa shape index (κ1) is 16.8. The molecule has 1 aromatic carbocycles. The molecule has 0 aliphatic heterocycles. The SMILES string of the molecule is Cc1ccc(C(C)N(C)S(=O)(=O)c2cc(Cl)sc2Cl)cc1. The van der Waals surface area contributed by atoms with Gasteiger partial charge in [-0.15, -0.1) is 11.3 Å². The number of benzene rings is 1. The van der Waals surface area contributed by atoms with Crippen LogP contribution in [0, 0.1) is 6.92 Å². The minimum Gasteiger partial charge on any atom is -0.207 e. The number of hydrogen-bond donors (Lipinski definition) is 0. The van der Waals surface area contributed by atoms with Crippen molar-refractivity contribution in [1.29, 1.82) is 0 Å². The highest BCUT2D eigenvalue weighted by molar-refractivity contribution is 7.89. The van der Waals surface area contributed by atoms with Crippen LogP contribution in [0.15, 0.2) is 35.2 Å². The zero-order valence-corrected chi connectivity index (χ0v) is 14.9. The lowest BCUT2D eigenvalue weighted by Gasteiger charge is -2.24. The van der Waals surface area contributed by atoms with Crippen LogP contribution in [0.5, 0.6) is 0 Å². The fourth-order valence-electron chi connectivity index (χ4n) is 1.92. The van der Waals surface area contributed by atoms with E-state index in [-0.39, 0.29) is 15.3 Å². The highest BCUT2D eigenvalue weighted by atomic mass is 35.5. The summed E-state index contributed by atoms with van der Waals surface area (Å²) in [6.45, 7) is 3.83. The lowest BCUT2D eigenvalue weighted by molar-refractivity contribution is 0.398. The van der Waals surface area contributed by atoms with Gasteiger partial charge in [0.15, 0.2) is 0 Å². The van der Waals surface area contributed by atoms with Crippen molar-refractivity contribution in [3.63, 3.8) is 0 Å². The number of halogens is 2. The van der Waals surface area contributed by atoms with E-state index in [2.05, 4.69) is 0 Å². The molecule has 1 unspecified atom stereocenters. The molecule has 114 valence electrons. The molecule has 1 atom stereocenters. The van der Waals surface area contributed by atoms with Crippen molar-refractivity contribution >= 4 is 44.6 Å². The van der Waals surface area contributed by atoms with Gasteiger partial charge >= 0.3 is 0 Å². The molecule has 7 heteroatoms. The van der Waals surface area contributed by atoms with Crippen LogP contribution >= 0.6 is 34.5 Å². The Kier molecular flexibility index (Phi) is 5.00. The quantitative estimate of drug-likeness (QED) is 0.786. The Morgan fingerprint density at radius 3 is 2.24 bits per heavy atom. The van der Waals surface area contributed by atoms with Crippen molar-refractivity contribution in [2.24, 2.45) is 0 Å². The average Bonchev–Trinajstić information content (AvgIpc) is 2.77. The van der Waals surface area contributed by atoms with Crippen LogP contribution in [0.2, 0.25) is 8.67 Å². The van der Waals surface area contributed by atoms with Crippen molar-refractivity contribution in [3.05, 3.63) is 50.1 Å². The Bertz CT molecular complexity index is 739. The molecule has 0 saturated carbocycles. The van der Waals surface area contributed by atoms with Gasteiger partial charge in [0.25, 0.3) is 0 Å². The second-order valence-electron chi connectivity index (χ2n) is 4.80. The van der Waals surface area contributed by atoms with E-state index in [1.807, 2.05) is 38.1 Å². The number of aryl methyl sites for hydroxylation is 1. The molecule has 0 amide bonds. The molecule has 0 spiro atoms. The number of sulfonamides is 1. The number of nitrogens with zero attached hydrogens (tertiary/aromatic N) is 1. The summed E-state index contributed by atoms with van der Waals surface area (Å²) in [5, 5.41) is 0. The second-order valence-corrected chi connectivity index (χ2v) is 9.05. The molecule has 0 bridgehead atoms. The third-order valence-electron chi connectivity index (χ3n) is 3.39. The first-order chi connectivity index (χ1) is 9.73. The molecular formula is C14H15Cl2NO2S2. The Balaban J connectivity index is 2.36. The largest absolute Gasteiger partial charge is 0.245 e. The minimum absolute atomic E-state index is 0.0561. The summed E-state index contributed by atoms with van der Waals surface area (Å²) in [5.74, 6) is 0. The van der Waals surface area contributed by atoms with E-state index in [0.717, 1.165) is 22.5 Å². The molecule has 21 heavy (non-hydrogen) atoms. The van der Waals surface area contributed by atoms with Gasteiger partial charge in [0.05, 0.1) is 4.34 Å². The first-order valence-electron chi connectivity index (χ1n) is 6.23. The van der Waals surface area contributed by atoms with Crippen LogP contribution < -0.4 is 0 Å². The van der Waals surface area contributed by atoms with Gasteiger partial charge in [-0.25, -0.2) is 8.42 Å². The topological polar surface area (TPSA) is 37.4 Å². The predicted molar refractivity (Wildman–Crippen MR) is 88.9 cm³/mol. The van der Waals surface area contributed by atoms with Gasteiger partial charge in [-0.2, -0.15) is 4.31 Å². The molecule has 0 aliphatic carbocycles. The highest BCUT2D eigenvalue weighted by Gasteiger charge is 2.29. The van der Waals surface area contributed by atoms with Crippen molar-refractivity contribution in [3.8, 4) is 0 Å². The third kappa shape index (κ3) is 3.43. The first-order valence-corrected chi connectivity index (χ1v) is 9.24. The molecule has 2 aromatic rings. The van der Waals surface area contributed by atoms with Crippen molar-refractivity contribution in [2.45, 2.75) is 24.8 Å². The van der Waals surface area contributed by atoms with Crippen LogP contribution in [0.25, 0.3) is 0 Å². The maximum absolute atomic E-state index is 12.6. The molecule has 1 aromatic heterocycles. The van der Waals surface area contributed by atoms with Gasteiger partial charge in [-0.05, 0) is 25.5 Å². The number of hydrogen-bond acceptors (Lipinski definition) is 3. The Morgan fingerprint density at radius 1 is 1.19 bits per heavy atom. The third-order valence-corrected chi connectivity index (χ3v) is 7.07. The number of rotatable bonds is 4. The summed E-state index contributed by atoms with van der Waals surface area (Å²) in [7, 11) is -2.14. The smallest absolute Gasteiger partial charge is 0.207 e. The molecule has 2 rings (SSSR count). The molecule has 0 radical (unpaired) electrons. The summed E-state index contributed by atoms with van der Waals surface area (Å²) in [4.78, 5) is 0.0561. The summed E-state index contributed by atoms with van der Waals surface area (Å²) >= 11 is 12.9. The summed E-state index contributed by atoms with van der Waals surface area (Å²) in [6.07, 6.45) is 0. The molecule has 0 N–H and O–H groups in total. The zero-order valence-electron chi connectivity index (χ0n) is 11.8. The van der Waals surface area contributed by atoms with Crippen molar-refractivity contribution < 1.29 is 8.42 Å². The van der Waals surface area contributed by atoms with Crippen LogP contribution in [-0.4, -0.2) is 19.8 Å². The van der Waals surface area contributed by atoms with Gasteiger partial charge in [0.1, 0.15) is 9.23 Å². The molecular weight excluding hydrogens is 349 g/mol. The maximum Gasteiger partial charge on any atom is 0.245 e. The van der Waals surface area contributed by atoms with E-state index in [1.54, 1.807) is 7.05 Å². The minimum atomic E-state index is -3.68. The normalized spacial score (nSPS) is 13.6. The van der Waals surface area contributed by atoms with Crippen molar-refractivity contribution in [2.75, 3.05) is 7.05 Å². The van der Waals surface area contributed by atoms with E-state index in [0.29, 0.717) is 4.34 Å². The standard InChI is InChI=1S/C14H15Cl2NO2S2/c1-9-4-6-11(7-5-9)10(2)17(3)21(18,19)12-8-13(15)20-14(12)16/h4-8,10H,1-3H3. The molecule has 3 nitrogen and oxygen atoms in total. The lowest BCUT2D eigenvalue weighted by Crippen LogP contribution is -2.29. The van der Waals surface area contributed by atoms with Crippen LogP contribution in [-0.2, 0) is 10.0 Å². The fraction of sp³-hybridized carbons (Fsp3) is 0.286. The molecule has 0 saturated heterocycles. The van der Waals surface area contributed by atoms with Gasteiger partial charge < -0.3 is 0 Å². The highest BCUT2D eigenvalue weighted by Crippen LogP contribution is 2.37. The maximum atomic E-state index is 12.6. The lowest BCUT2D eigenvalue weighted by atomic mass is 10.1. The predicted octanol–water partition coefficient (Wildman–Crippen LogP) is 4.75. The summed E-state index contributed by atoms with van der Waals surface area (Å²) in [6, 6.07) is 8.86. The van der Waals surface area contributed by atoms with Gasteiger partial charge in [0.2, 0.25) is 10.0 Å². The summed E-state index contributed by atoms with van der Waals surface area (Å²) < 4.78 is 27.1. The molecule has 1 heterocycles. The second kappa shape index (κ2) is 6.26. The molecule has 0 fully saturated rings. The Hall–Kier alpha value is -0.590. The monoisotopic (exact) mass is 363 g/mol. The van der Waals surface area contributed by atoms with Crippen LogP contribution in [0.1, 0.15) is 24.1 Å². The van der Waals surface area contributed by atoms with E-state index in [1.165, 1.54) is 10.4 Å². The van der Waals surface area contributed by atoms with E-state index in [4.69, 9.17) is 23.2 Å². The van der Waals surface area contributed by atoms with Gasteiger partial charge in [0, 0.05) is 13.1 Å². The number of thiophene rings is 1. The summed E-state index contributed by atoms with van der Waals surface area (Å²) in [5.41, 5.74) is 2.05. The van der Waals surface area contributed by atoms with Gasteiger partial charge in [-0.1, -0.05) is 53.0 Å².